The van der Waals surface area contributed by atoms with Crippen molar-refractivity contribution in [1.29, 1.82) is 0 Å². The van der Waals surface area contributed by atoms with Crippen molar-refractivity contribution in [2.45, 2.75) is 26.4 Å². The summed E-state index contributed by atoms with van der Waals surface area (Å²) < 4.78 is 1.72. The molecule has 2 rings (SSSR count). The Hall–Kier alpha value is -1.87. The normalized spacial score (nSPS) is 12.3. The van der Waals surface area contributed by atoms with Crippen LogP contribution in [0.2, 0.25) is 0 Å². The highest BCUT2D eigenvalue weighted by Crippen LogP contribution is 2.13. The van der Waals surface area contributed by atoms with E-state index in [1.807, 2.05) is 12.3 Å². The number of hydrogen-bond donors (Lipinski definition) is 1. The highest BCUT2D eigenvalue weighted by atomic mass is 16.1. The van der Waals surface area contributed by atoms with Crippen molar-refractivity contribution in [2.24, 2.45) is 0 Å². The Morgan fingerprint density at radius 1 is 1.21 bits per heavy atom. The first kappa shape index (κ1) is 13.6. The topological polar surface area (TPSA) is 34.0 Å². The van der Waals surface area contributed by atoms with Gasteiger partial charge in [0.1, 0.15) is 0 Å². The maximum absolute atomic E-state index is 11.5. The predicted octanol–water partition coefficient (Wildman–Crippen LogP) is 2.51. The molecule has 0 aliphatic rings. The van der Waals surface area contributed by atoms with Crippen LogP contribution in [0, 0.1) is 6.92 Å². The van der Waals surface area contributed by atoms with Gasteiger partial charge in [-0.15, -0.1) is 0 Å². The summed E-state index contributed by atoms with van der Waals surface area (Å²) >= 11 is 0. The highest BCUT2D eigenvalue weighted by molar-refractivity contribution is 5.24. The van der Waals surface area contributed by atoms with E-state index in [0.29, 0.717) is 12.6 Å². The van der Waals surface area contributed by atoms with Crippen molar-refractivity contribution in [3.63, 3.8) is 0 Å². The van der Waals surface area contributed by atoms with Gasteiger partial charge in [0.2, 0.25) is 0 Å². The lowest BCUT2D eigenvalue weighted by atomic mass is 10.1. The summed E-state index contributed by atoms with van der Waals surface area (Å²) in [6.07, 6.45) is 1.82. The second kappa shape index (κ2) is 6.34. The maximum atomic E-state index is 11.5. The molecule has 0 spiro atoms. The SMILES string of the molecule is Cc1cccc([C@H](C)NCCn2ccccc2=O)c1. The highest BCUT2D eigenvalue weighted by Gasteiger charge is 2.04. The van der Waals surface area contributed by atoms with E-state index in [9.17, 15) is 4.79 Å². The number of nitrogens with one attached hydrogen (secondary N) is 1. The summed E-state index contributed by atoms with van der Waals surface area (Å²) in [6.45, 7) is 5.71. The van der Waals surface area contributed by atoms with E-state index in [0.717, 1.165) is 6.54 Å². The van der Waals surface area contributed by atoms with Gasteiger partial charge in [0.05, 0.1) is 0 Å². The minimum absolute atomic E-state index is 0.0486. The molecule has 0 radical (unpaired) electrons. The third-order valence-corrected chi connectivity index (χ3v) is 3.24. The van der Waals surface area contributed by atoms with Crippen LogP contribution in [0.3, 0.4) is 0 Å². The molecule has 100 valence electrons. The van der Waals surface area contributed by atoms with E-state index in [1.165, 1.54) is 11.1 Å². The van der Waals surface area contributed by atoms with Crippen LogP contribution in [0.1, 0.15) is 24.1 Å². The van der Waals surface area contributed by atoms with E-state index in [-0.39, 0.29) is 5.56 Å². The summed E-state index contributed by atoms with van der Waals surface area (Å²) in [4.78, 5) is 11.5. The molecule has 0 amide bonds. The van der Waals surface area contributed by atoms with E-state index in [1.54, 1.807) is 16.7 Å². The van der Waals surface area contributed by atoms with Crippen LogP contribution in [-0.4, -0.2) is 11.1 Å². The molecule has 0 unspecified atom stereocenters. The molecular weight excluding hydrogens is 236 g/mol. The van der Waals surface area contributed by atoms with Gasteiger partial charge in [-0.25, -0.2) is 0 Å². The van der Waals surface area contributed by atoms with Crippen molar-refractivity contribution < 1.29 is 0 Å². The molecule has 0 saturated heterocycles. The number of aryl methyl sites for hydroxylation is 1. The van der Waals surface area contributed by atoms with Crippen LogP contribution in [0.5, 0.6) is 0 Å². The zero-order valence-corrected chi connectivity index (χ0v) is 11.5. The third-order valence-electron chi connectivity index (χ3n) is 3.24. The summed E-state index contributed by atoms with van der Waals surface area (Å²) in [5.74, 6) is 0. The predicted molar refractivity (Wildman–Crippen MR) is 78.3 cm³/mol. The minimum atomic E-state index is 0.0486. The fraction of sp³-hybridized carbons (Fsp3) is 0.312. The van der Waals surface area contributed by atoms with Crippen LogP contribution in [0.25, 0.3) is 0 Å². The third kappa shape index (κ3) is 3.80. The number of aromatic nitrogens is 1. The monoisotopic (exact) mass is 256 g/mol. The Bertz CT molecular complexity index is 589. The molecule has 2 aromatic rings. The van der Waals surface area contributed by atoms with Gasteiger partial charge in [-0.3, -0.25) is 4.79 Å². The standard InChI is InChI=1S/C16H20N2O/c1-13-6-5-7-15(12-13)14(2)17-9-11-18-10-4-3-8-16(18)19/h3-8,10,12,14,17H,9,11H2,1-2H3/t14-/m0/s1. The number of nitrogens with zero attached hydrogens (tertiary/aromatic N) is 1. The van der Waals surface area contributed by atoms with E-state index < -0.39 is 0 Å². The Balaban J connectivity index is 1.89. The Labute approximate surface area is 113 Å². The molecule has 0 saturated carbocycles. The second-order valence-electron chi connectivity index (χ2n) is 4.82. The molecule has 0 aliphatic carbocycles. The molecule has 0 bridgehead atoms. The Morgan fingerprint density at radius 2 is 2.05 bits per heavy atom. The Kier molecular flexibility index (Phi) is 4.53. The van der Waals surface area contributed by atoms with Gasteiger partial charge >= 0.3 is 0 Å². The zero-order valence-electron chi connectivity index (χ0n) is 11.5. The summed E-state index contributed by atoms with van der Waals surface area (Å²) in [5, 5.41) is 3.44. The first-order valence-corrected chi connectivity index (χ1v) is 6.62. The molecule has 1 N–H and O–H groups in total. The second-order valence-corrected chi connectivity index (χ2v) is 4.82. The molecular formula is C16H20N2O. The number of pyridine rings is 1. The number of hydrogen-bond acceptors (Lipinski definition) is 2. The average molecular weight is 256 g/mol. The molecule has 1 atom stereocenters. The molecule has 19 heavy (non-hydrogen) atoms. The average Bonchev–Trinajstić information content (AvgIpc) is 2.41. The van der Waals surface area contributed by atoms with Gasteiger partial charge in [-0.1, -0.05) is 35.9 Å². The molecule has 3 heteroatoms. The van der Waals surface area contributed by atoms with E-state index in [2.05, 4.69) is 43.4 Å². The number of benzene rings is 1. The lowest BCUT2D eigenvalue weighted by molar-refractivity contribution is 0.524. The zero-order chi connectivity index (χ0) is 13.7. The first-order valence-electron chi connectivity index (χ1n) is 6.62. The summed E-state index contributed by atoms with van der Waals surface area (Å²) in [5.41, 5.74) is 2.60. The van der Waals surface area contributed by atoms with Crippen molar-refractivity contribution in [3.8, 4) is 0 Å². The molecule has 1 heterocycles. The summed E-state index contributed by atoms with van der Waals surface area (Å²) in [7, 11) is 0. The molecule has 3 nitrogen and oxygen atoms in total. The molecule has 0 fully saturated rings. The molecule has 1 aromatic heterocycles. The lowest BCUT2D eigenvalue weighted by Crippen LogP contribution is -2.27. The van der Waals surface area contributed by atoms with Gasteiger partial charge in [0.25, 0.3) is 5.56 Å². The van der Waals surface area contributed by atoms with Gasteiger partial charge in [-0.2, -0.15) is 0 Å². The largest absolute Gasteiger partial charge is 0.314 e. The van der Waals surface area contributed by atoms with Crippen LogP contribution in [-0.2, 0) is 6.54 Å². The lowest BCUT2D eigenvalue weighted by Gasteiger charge is -2.15. The molecule has 1 aromatic carbocycles. The quantitative estimate of drug-likeness (QED) is 0.892. The van der Waals surface area contributed by atoms with E-state index in [4.69, 9.17) is 0 Å². The van der Waals surface area contributed by atoms with E-state index >= 15 is 0 Å². The van der Waals surface area contributed by atoms with Gasteiger partial charge in [-0.05, 0) is 25.5 Å². The minimum Gasteiger partial charge on any atom is -0.314 e. The van der Waals surface area contributed by atoms with Crippen LogP contribution < -0.4 is 10.9 Å². The van der Waals surface area contributed by atoms with Gasteiger partial charge in [0.15, 0.2) is 0 Å². The first-order chi connectivity index (χ1) is 9.16. The molecule has 0 aliphatic heterocycles. The van der Waals surface area contributed by atoms with Crippen molar-refractivity contribution >= 4 is 0 Å². The number of rotatable bonds is 5. The van der Waals surface area contributed by atoms with Crippen molar-refractivity contribution in [1.82, 2.24) is 9.88 Å². The van der Waals surface area contributed by atoms with Crippen LogP contribution in [0.4, 0.5) is 0 Å². The van der Waals surface area contributed by atoms with Crippen LogP contribution in [0.15, 0.2) is 53.5 Å². The maximum Gasteiger partial charge on any atom is 0.250 e. The van der Waals surface area contributed by atoms with Gasteiger partial charge in [0, 0.05) is 31.4 Å². The van der Waals surface area contributed by atoms with Crippen molar-refractivity contribution in [2.75, 3.05) is 6.54 Å². The smallest absolute Gasteiger partial charge is 0.250 e. The van der Waals surface area contributed by atoms with Gasteiger partial charge < -0.3 is 9.88 Å². The van der Waals surface area contributed by atoms with Crippen molar-refractivity contribution in [3.05, 3.63) is 70.1 Å². The Morgan fingerprint density at radius 3 is 2.79 bits per heavy atom. The fourth-order valence-corrected chi connectivity index (χ4v) is 2.10. The fourth-order valence-electron chi connectivity index (χ4n) is 2.10. The van der Waals surface area contributed by atoms with Crippen LogP contribution >= 0.6 is 0 Å². The summed E-state index contributed by atoms with van der Waals surface area (Å²) in [6, 6.07) is 14.0.